The number of aryl methyl sites for hydroxylation is 1. The Kier molecular flexibility index (Phi) is 4.60. The van der Waals surface area contributed by atoms with Crippen molar-refractivity contribution in [3.8, 4) is 5.75 Å². The Bertz CT molecular complexity index is 625. The van der Waals surface area contributed by atoms with Crippen LogP contribution in [0.5, 0.6) is 5.75 Å². The third kappa shape index (κ3) is 3.61. The Hall–Kier alpha value is -2.33. The average molecular weight is 285 g/mol. The van der Waals surface area contributed by atoms with Gasteiger partial charge in [-0.2, -0.15) is 0 Å². The lowest BCUT2D eigenvalue weighted by Gasteiger charge is -2.21. The first-order valence-electron chi connectivity index (χ1n) is 6.82. The van der Waals surface area contributed by atoms with Crippen molar-refractivity contribution in [2.75, 3.05) is 0 Å². The lowest BCUT2D eigenvalue weighted by Crippen LogP contribution is -2.30. The van der Waals surface area contributed by atoms with E-state index < -0.39 is 12.0 Å². The van der Waals surface area contributed by atoms with Crippen molar-refractivity contribution in [2.24, 2.45) is 0 Å². The minimum Gasteiger partial charge on any atom is -0.508 e. The van der Waals surface area contributed by atoms with Gasteiger partial charge in [-0.05, 0) is 31.0 Å². The maximum atomic E-state index is 11.5. The van der Waals surface area contributed by atoms with Gasteiger partial charge in [0.25, 0.3) is 0 Å². The van der Waals surface area contributed by atoms with Gasteiger partial charge in [-0.1, -0.05) is 42.5 Å². The molecule has 4 heteroatoms. The lowest BCUT2D eigenvalue weighted by molar-refractivity contribution is -0.139. The zero-order chi connectivity index (χ0) is 15.4. The zero-order valence-corrected chi connectivity index (χ0v) is 12.1. The van der Waals surface area contributed by atoms with Gasteiger partial charge in [0.05, 0.1) is 0 Å². The normalized spacial score (nSPS) is 13.6. The standard InChI is InChI=1S/C17H19NO3/c1-11-8-9-14(15(19)10-11)12(2)18-16(17(20)21)13-6-4-3-5-7-13/h3-10,12,16,18-19H,1-2H3,(H,20,21). The number of phenolic OH excluding ortho intramolecular Hbond substituents is 1. The van der Waals surface area contributed by atoms with E-state index in [1.807, 2.05) is 32.0 Å². The van der Waals surface area contributed by atoms with E-state index in [0.717, 1.165) is 5.56 Å². The van der Waals surface area contributed by atoms with Crippen LogP contribution in [0.4, 0.5) is 0 Å². The first-order chi connectivity index (χ1) is 9.99. The Morgan fingerprint density at radius 2 is 1.81 bits per heavy atom. The lowest BCUT2D eigenvalue weighted by atomic mass is 10.0. The highest BCUT2D eigenvalue weighted by Crippen LogP contribution is 2.27. The minimum atomic E-state index is -0.945. The summed E-state index contributed by atoms with van der Waals surface area (Å²) < 4.78 is 0. The Morgan fingerprint density at radius 1 is 1.14 bits per heavy atom. The molecule has 0 aliphatic heterocycles. The molecule has 110 valence electrons. The number of aromatic hydroxyl groups is 1. The summed E-state index contributed by atoms with van der Waals surface area (Å²) in [7, 11) is 0. The van der Waals surface area contributed by atoms with Crippen LogP contribution >= 0.6 is 0 Å². The first-order valence-corrected chi connectivity index (χ1v) is 6.82. The molecule has 0 aliphatic rings. The molecule has 3 N–H and O–H groups in total. The second kappa shape index (κ2) is 6.41. The SMILES string of the molecule is Cc1ccc(C(C)NC(C(=O)O)c2ccccc2)c(O)c1. The third-order valence-electron chi connectivity index (χ3n) is 3.45. The number of aliphatic carboxylic acids is 1. The van der Waals surface area contributed by atoms with Crippen LogP contribution in [0, 0.1) is 6.92 Å². The number of phenols is 1. The summed E-state index contributed by atoms with van der Waals surface area (Å²) in [5.74, 6) is -0.771. The van der Waals surface area contributed by atoms with E-state index in [4.69, 9.17) is 0 Å². The van der Waals surface area contributed by atoms with Crippen LogP contribution in [-0.4, -0.2) is 16.2 Å². The molecule has 0 amide bonds. The molecule has 0 spiro atoms. The second-order valence-corrected chi connectivity index (χ2v) is 5.13. The molecule has 21 heavy (non-hydrogen) atoms. The molecule has 0 radical (unpaired) electrons. The summed E-state index contributed by atoms with van der Waals surface area (Å²) in [6.07, 6.45) is 0. The summed E-state index contributed by atoms with van der Waals surface area (Å²) in [5, 5.41) is 22.5. The third-order valence-corrected chi connectivity index (χ3v) is 3.45. The van der Waals surface area contributed by atoms with Crippen molar-refractivity contribution >= 4 is 5.97 Å². The van der Waals surface area contributed by atoms with Crippen LogP contribution in [0.25, 0.3) is 0 Å². The van der Waals surface area contributed by atoms with Gasteiger partial charge in [-0.15, -0.1) is 0 Å². The van der Waals surface area contributed by atoms with Gasteiger partial charge in [0.2, 0.25) is 0 Å². The van der Waals surface area contributed by atoms with Gasteiger partial charge >= 0.3 is 5.97 Å². The highest BCUT2D eigenvalue weighted by Gasteiger charge is 2.23. The molecular weight excluding hydrogens is 266 g/mol. The van der Waals surface area contributed by atoms with Crippen LogP contribution in [0.1, 0.15) is 35.7 Å². The van der Waals surface area contributed by atoms with Crippen LogP contribution in [-0.2, 0) is 4.79 Å². The van der Waals surface area contributed by atoms with Crippen molar-refractivity contribution in [3.63, 3.8) is 0 Å². The molecule has 0 fully saturated rings. The number of rotatable bonds is 5. The number of hydrogen-bond donors (Lipinski definition) is 3. The number of benzene rings is 2. The monoisotopic (exact) mass is 285 g/mol. The topological polar surface area (TPSA) is 69.6 Å². The zero-order valence-electron chi connectivity index (χ0n) is 12.1. The maximum absolute atomic E-state index is 11.5. The van der Waals surface area contributed by atoms with E-state index in [2.05, 4.69) is 5.32 Å². The van der Waals surface area contributed by atoms with Crippen molar-refractivity contribution < 1.29 is 15.0 Å². The predicted octanol–water partition coefficient (Wildman–Crippen LogP) is 3.18. The van der Waals surface area contributed by atoms with Crippen molar-refractivity contribution in [2.45, 2.75) is 25.9 Å². The van der Waals surface area contributed by atoms with E-state index in [0.29, 0.717) is 11.1 Å². The molecule has 2 unspecified atom stereocenters. The van der Waals surface area contributed by atoms with Gasteiger partial charge in [0.1, 0.15) is 11.8 Å². The predicted molar refractivity (Wildman–Crippen MR) is 81.2 cm³/mol. The molecule has 0 saturated carbocycles. The molecule has 0 aromatic heterocycles. The molecule has 2 atom stereocenters. The van der Waals surface area contributed by atoms with Gasteiger partial charge in [0.15, 0.2) is 0 Å². The number of hydrogen-bond acceptors (Lipinski definition) is 3. The summed E-state index contributed by atoms with van der Waals surface area (Å²) in [6.45, 7) is 3.73. The van der Waals surface area contributed by atoms with Crippen LogP contribution in [0.15, 0.2) is 48.5 Å². The highest BCUT2D eigenvalue weighted by molar-refractivity contribution is 5.75. The number of carboxylic acid groups (broad SMARTS) is 1. The summed E-state index contributed by atoms with van der Waals surface area (Å²) >= 11 is 0. The molecule has 2 aromatic rings. The number of nitrogens with one attached hydrogen (secondary N) is 1. The fourth-order valence-electron chi connectivity index (χ4n) is 2.32. The fourth-order valence-corrected chi connectivity index (χ4v) is 2.32. The van der Waals surface area contributed by atoms with Crippen LogP contribution in [0.3, 0.4) is 0 Å². The van der Waals surface area contributed by atoms with Crippen molar-refractivity contribution in [1.29, 1.82) is 0 Å². The molecule has 4 nitrogen and oxygen atoms in total. The quantitative estimate of drug-likeness (QED) is 0.789. The Labute approximate surface area is 124 Å². The van der Waals surface area contributed by atoms with E-state index in [9.17, 15) is 15.0 Å². The molecule has 0 heterocycles. The van der Waals surface area contributed by atoms with E-state index in [-0.39, 0.29) is 11.8 Å². The van der Waals surface area contributed by atoms with E-state index >= 15 is 0 Å². The summed E-state index contributed by atoms with van der Waals surface area (Å²) in [6, 6.07) is 13.3. The van der Waals surface area contributed by atoms with Crippen LogP contribution in [0.2, 0.25) is 0 Å². The minimum absolute atomic E-state index is 0.173. The van der Waals surface area contributed by atoms with Crippen molar-refractivity contribution in [3.05, 3.63) is 65.2 Å². The molecule has 0 aliphatic carbocycles. The van der Waals surface area contributed by atoms with Crippen LogP contribution < -0.4 is 5.32 Å². The largest absolute Gasteiger partial charge is 0.508 e. The Morgan fingerprint density at radius 3 is 2.38 bits per heavy atom. The van der Waals surface area contributed by atoms with Gasteiger partial charge in [-0.25, -0.2) is 0 Å². The van der Waals surface area contributed by atoms with Gasteiger partial charge in [-0.3, -0.25) is 10.1 Å². The smallest absolute Gasteiger partial charge is 0.325 e. The second-order valence-electron chi connectivity index (χ2n) is 5.13. The van der Waals surface area contributed by atoms with Crippen molar-refractivity contribution in [1.82, 2.24) is 5.32 Å². The average Bonchev–Trinajstić information content (AvgIpc) is 2.45. The number of carboxylic acids is 1. The maximum Gasteiger partial charge on any atom is 0.325 e. The molecule has 0 saturated heterocycles. The molecule has 0 bridgehead atoms. The molecular formula is C17H19NO3. The number of carbonyl (C=O) groups is 1. The van der Waals surface area contributed by atoms with E-state index in [1.54, 1.807) is 30.3 Å². The Balaban J connectivity index is 2.23. The summed E-state index contributed by atoms with van der Waals surface area (Å²) in [4.78, 5) is 11.5. The van der Waals surface area contributed by atoms with E-state index in [1.165, 1.54) is 0 Å². The van der Waals surface area contributed by atoms with Gasteiger partial charge in [0, 0.05) is 11.6 Å². The molecule has 2 rings (SSSR count). The highest BCUT2D eigenvalue weighted by atomic mass is 16.4. The molecule has 2 aromatic carbocycles. The fraction of sp³-hybridized carbons (Fsp3) is 0.235. The first kappa shape index (κ1) is 15.1. The summed E-state index contributed by atoms with van der Waals surface area (Å²) in [5.41, 5.74) is 2.33. The van der Waals surface area contributed by atoms with Gasteiger partial charge < -0.3 is 10.2 Å².